The van der Waals surface area contributed by atoms with E-state index >= 15 is 0 Å². The van der Waals surface area contributed by atoms with Crippen LogP contribution >= 0.6 is 50.5 Å². The molecule has 0 fully saturated rings. The first-order valence-corrected chi connectivity index (χ1v) is 17.0. The molecule has 0 radical (unpaired) electrons. The van der Waals surface area contributed by atoms with Gasteiger partial charge in [-0.1, -0.05) is 70.9 Å². The number of ether oxygens (including phenoxy) is 3. The van der Waals surface area contributed by atoms with E-state index in [2.05, 4.69) is 21.2 Å². The first-order chi connectivity index (χ1) is 23.2. The molecule has 0 aliphatic carbocycles. The summed E-state index contributed by atoms with van der Waals surface area (Å²) < 4.78 is 19.9. The van der Waals surface area contributed by atoms with E-state index in [1.165, 1.54) is 11.3 Å². The van der Waals surface area contributed by atoms with Gasteiger partial charge in [-0.05, 0) is 94.2 Å². The molecular weight excluding hydrogens is 737 g/mol. The van der Waals surface area contributed by atoms with Crippen LogP contribution in [0.1, 0.15) is 29.7 Å². The summed E-state index contributed by atoms with van der Waals surface area (Å²) in [6, 6.07) is 24.7. The van der Waals surface area contributed by atoms with Crippen LogP contribution in [0, 0.1) is 0 Å². The molecule has 2 heterocycles. The number of hydrogen-bond donors (Lipinski definition) is 1. The molecule has 8 nitrogen and oxygen atoms in total. The molecule has 0 saturated carbocycles. The van der Waals surface area contributed by atoms with Crippen molar-refractivity contribution in [3.8, 4) is 17.2 Å². The molecule has 5 aromatic rings. The lowest BCUT2D eigenvalue weighted by Crippen LogP contribution is -2.40. The molecule has 1 atom stereocenters. The normalized spacial score (nSPS) is 14.3. The van der Waals surface area contributed by atoms with Crippen LogP contribution in [0.3, 0.4) is 0 Å². The van der Waals surface area contributed by atoms with E-state index in [4.69, 9.17) is 42.4 Å². The predicted molar refractivity (Wildman–Crippen MR) is 193 cm³/mol. The number of carbonyl (C=O) groups excluding carboxylic acids is 1. The van der Waals surface area contributed by atoms with Gasteiger partial charge in [0.25, 0.3) is 11.5 Å². The van der Waals surface area contributed by atoms with Crippen LogP contribution < -0.4 is 34.4 Å². The monoisotopic (exact) mass is 763 g/mol. The van der Waals surface area contributed by atoms with E-state index in [1.54, 1.807) is 62.1 Å². The van der Waals surface area contributed by atoms with Gasteiger partial charge in [0.05, 0.1) is 50.6 Å². The van der Waals surface area contributed by atoms with Crippen LogP contribution in [0.15, 0.2) is 110 Å². The zero-order valence-corrected chi connectivity index (χ0v) is 29.8. The number of amides is 1. The number of fused-ring (bicyclic) bond motifs is 1. The van der Waals surface area contributed by atoms with Crippen LogP contribution in [-0.4, -0.2) is 24.7 Å². The molecule has 0 bridgehead atoms. The zero-order chi connectivity index (χ0) is 33.9. The van der Waals surface area contributed by atoms with Crippen LogP contribution in [0.25, 0.3) is 6.08 Å². The standard InChI is InChI=1S/C36H28BrCl2N3O5S/c1-20-31(34(43)41-24-9-5-4-6-10-24)32(23-8-7-11-25(18-23)45-2)42-35(44)30(48-36(42)40-20)17-22-14-26(37)33(29(16-22)46-3)47-19-21-12-13-27(38)28(39)15-21/h4-18,32H,19H2,1-3H3,(H,41,43)/b30-17-/t32-/m0/s1. The van der Waals surface area contributed by atoms with Crippen molar-refractivity contribution in [2.24, 2.45) is 4.99 Å². The first-order valence-electron chi connectivity index (χ1n) is 14.6. The second-order valence-electron chi connectivity index (χ2n) is 10.7. The van der Waals surface area contributed by atoms with Crippen LogP contribution in [-0.2, 0) is 11.4 Å². The summed E-state index contributed by atoms with van der Waals surface area (Å²) in [5.41, 5.74) is 3.45. The number of hydrogen-bond acceptors (Lipinski definition) is 7. The fraction of sp³-hybridized carbons (Fsp3) is 0.139. The Hall–Kier alpha value is -4.35. The number of methoxy groups -OCH3 is 2. The van der Waals surface area contributed by atoms with Crippen LogP contribution in [0.4, 0.5) is 5.69 Å². The minimum Gasteiger partial charge on any atom is -0.497 e. The second kappa shape index (κ2) is 14.4. The van der Waals surface area contributed by atoms with Crippen molar-refractivity contribution in [2.45, 2.75) is 19.6 Å². The molecule has 6 rings (SSSR count). The average Bonchev–Trinajstić information content (AvgIpc) is 3.38. The maximum absolute atomic E-state index is 14.2. The Balaban J connectivity index is 1.40. The summed E-state index contributed by atoms with van der Waals surface area (Å²) in [5, 5.41) is 3.87. The van der Waals surface area contributed by atoms with E-state index in [0.29, 0.717) is 69.2 Å². The molecule has 1 aliphatic heterocycles. The number of aromatic nitrogens is 1. The predicted octanol–water partition coefficient (Wildman–Crippen LogP) is 7.54. The SMILES string of the molecule is COc1cccc([C@H]2C(C(=O)Nc3ccccc3)=C(C)N=c3s/c(=C\c4cc(Br)c(OCc5ccc(Cl)c(Cl)c5)c(OC)c4)c(=O)n32)c1. The molecular formula is C36H28BrCl2N3O5S. The van der Waals surface area contributed by atoms with Crippen molar-refractivity contribution >= 4 is 68.1 Å². The summed E-state index contributed by atoms with van der Waals surface area (Å²) in [6.45, 7) is 2.01. The molecule has 4 aromatic carbocycles. The number of nitrogens with zero attached hydrogens (tertiary/aromatic N) is 2. The zero-order valence-electron chi connectivity index (χ0n) is 25.9. The Kier molecular flexibility index (Phi) is 10.1. The molecule has 0 unspecified atom stereocenters. The number of rotatable bonds is 9. The van der Waals surface area contributed by atoms with E-state index in [-0.39, 0.29) is 18.1 Å². The number of para-hydroxylation sites is 1. The summed E-state index contributed by atoms with van der Waals surface area (Å²) >= 11 is 17.1. The number of halogens is 3. The number of carbonyl (C=O) groups is 1. The molecule has 1 aromatic heterocycles. The number of nitrogens with one attached hydrogen (secondary N) is 1. The Morgan fingerprint density at radius 3 is 2.52 bits per heavy atom. The fourth-order valence-corrected chi connectivity index (χ4v) is 7.30. The van der Waals surface area contributed by atoms with Gasteiger partial charge in [0.2, 0.25) is 0 Å². The van der Waals surface area contributed by atoms with Crippen molar-refractivity contribution in [2.75, 3.05) is 19.5 Å². The van der Waals surface area contributed by atoms with Gasteiger partial charge in [0, 0.05) is 5.69 Å². The molecule has 244 valence electrons. The number of allylic oxidation sites excluding steroid dienone is 1. The van der Waals surface area contributed by atoms with Crippen molar-refractivity contribution in [1.29, 1.82) is 0 Å². The Bertz CT molecular complexity index is 2250. The molecule has 12 heteroatoms. The van der Waals surface area contributed by atoms with Crippen molar-refractivity contribution in [3.63, 3.8) is 0 Å². The summed E-state index contributed by atoms with van der Waals surface area (Å²) in [4.78, 5) is 33.3. The van der Waals surface area contributed by atoms with Gasteiger partial charge >= 0.3 is 0 Å². The van der Waals surface area contributed by atoms with Crippen molar-refractivity contribution in [3.05, 3.63) is 147 Å². The smallest absolute Gasteiger partial charge is 0.271 e. The third-order valence-electron chi connectivity index (χ3n) is 7.62. The Morgan fingerprint density at radius 1 is 1.00 bits per heavy atom. The van der Waals surface area contributed by atoms with Crippen molar-refractivity contribution < 1.29 is 19.0 Å². The summed E-state index contributed by atoms with van der Waals surface area (Å²) in [5.74, 6) is 1.21. The lowest BCUT2D eigenvalue weighted by molar-refractivity contribution is -0.113. The average molecular weight is 766 g/mol. The van der Waals surface area contributed by atoms with Gasteiger partial charge in [0.1, 0.15) is 12.4 Å². The Morgan fingerprint density at radius 2 is 1.79 bits per heavy atom. The van der Waals surface area contributed by atoms with Gasteiger partial charge in [-0.25, -0.2) is 4.99 Å². The number of thiazole rings is 1. The highest BCUT2D eigenvalue weighted by Gasteiger charge is 2.33. The van der Waals surface area contributed by atoms with Crippen LogP contribution in [0.5, 0.6) is 17.2 Å². The molecule has 0 saturated heterocycles. The summed E-state index contributed by atoms with van der Waals surface area (Å²) in [6.07, 6.45) is 1.77. The molecule has 1 amide bonds. The lowest BCUT2D eigenvalue weighted by Gasteiger charge is -2.25. The minimum atomic E-state index is -0.749. The van der Waals surface area contributed by atoms with Gasteiger partial charge in [0.15, 0.2) is 16.3 Å². The maximum atomic E-state index is 14.2. The highest BCUT2D eigenvalue weighted by Crippen LogP contribution is 2.38. The third kappa shape index (κ3) is 6.93. The van der Waals surface area contributed by atoms with E-state index in [1.807, 2.05) is 54.6 Å². The number of anilines is 1. The molecule has 1 aliphatic rings. The van der Waals surface area contributed by atoms with E-state index in [9.17, 15) is 9.59 Å². The van der Waals surface area contributed by atoms with Crippen molar-refractivity contribution in [1.82, 2.24) is 4.57 Å². The largest absolute Gasteiger partial charge is 0.497 e. The maximum Gasteiger partial charge on any atom is 0.271 e. The molecule has 1 N–H and O–H groups in total. The number of benzene rings is 4. The third-order valence-corrected chi connectivity index (χ3v) is 9.94. The first kappa shape index (κ1) is 33.5. The van der Waals surface area contributed by atoms with E-state index < -0.39 is 6.04 Å². The lowest BCUT2D eigenvalue weighted by atomic mass is 9.95. The highest BCUT2D eigenvalue weighted by atomic mass is 79.9. The Labute approximate surface area is 298 Å². The van der Waals surface area contributed by atoms with Gasteiger partial charge in [-0.15, -0.1) is 0 Å². The van der Waals surface area contributed by atoms with Gasteiger partial charge < -0.3 is 19.5 Å². The fourth-order valence-electron chi connectivity index (χ4n) is 5.36. The topological polar surface area (TPSA) is 91.2 Å². The van der Waals surface area contributed by atoms with Crippen LogP contribution in [0.2, 0.25) is 10.0 Å². The summed E-state index contributed by atoms with van der Waals surface area (Å²) in [7, 11) is 3.12. The minimum absolute atomic E-state index is 0.230. The molecule has 48 heavy (non-hydrogen) atoms. The van der Waals surface area contributed by atoms with Gasteiger partial charge in [-0.3, -0.25) is 14.2 Å². The van der Waals surface area contributed by atoms with E-state index in [0.717, 1.165) is 5.56 Å². The quantitative estimate of drug-likeness (QED) is 0.168. The second-order valence-corrected chi connectivity index (χ2v) is 13.4. The highest BCUT2D eigenvalue weighted by molar-refractivity contribution is 9.10. The van der Waals surface area contributed by atoms with Gasteiger partial charge in [-0.2, -0.15) is 0 Å². The molecule has 0 spiro atoms.